The zero-order valence-corrected chi connectivity index (χ0v) is 12.8. The quantitative estimate of drug-likeness (QED) is 0.444. The first kappa shape index (κ1) is 15.6. The molecule has 0 aliphatic heterocycles. The van der Waals surface area contributed by atoms with Crippen LogP contribution in [0.1, 0.15) is 71.6 Å². The van der Waals surface area contributed by atoms with E-state index in [1.54, 1.807) is 11.3 Å². The summed E-state index contributed by atoms with van der Waals surface area (Å²) >= 11 is 1.70. The highest BCUT2D eigenvalue weighted by molar-refractivity contribution is 7.08. The van der Waals surface area contributed by atoms with Crippen molar-refractivity contribution in [2.45, 2.75) is 77.7 Å². The van der Waals surface area contributed by atoms with Crippen molar-refractivity contribution in [1.82, 2.24) is 0 Å². The summed E-state index contributed by atoms with van der Waals surface area (Å²) in [5.41, 5.74) is 0. The molecule has 1 aromatic rings. The molecule has 18 heavy (non-hydrogen) atoms. The smallest absolute Gasteiger partial charge is 0.130 e. The molecule has 0 amide bonds. The molecule has 2 heteroatoms. The molecule has 1 atom stereocenters. The molecule has 0 N–H and O–H groups in total. The third kappa shape index (κ3) is 7.75. The zero-order chi connectivity index (χ0) is 13.1. The van der Waals surface area contributed by atoms with Gasteiger partial charge in [0, 0.05) is 5.38 Å². The summed E-state index contributed by atoms with van der Waals surface area (Å²) in [5.74, 6) is 1.03. The number of hydrogen-bond acceptors (Lipinski definition) is 2. The predicted octanol–water partition coefficient (Wildman–Crippen LogP) is 6.05. The van der Waals surface area contributed by atoms with Crippen molar-refractivity contribution in [3.05, 3.63) is 16.8 Å². The number of thiophene rings is 1. The first-order valence-corrected chi connectivity index (χ1v) is 8.46. The molecule has 0 saturated carbocycles. The largest absolute Gasteiger partial charge is 0.490 e. The van der Waals surface area contributed by atoms with Gasteiger partial charge in [0.2, 0.25) is 0 Å². The van der Waals surface area contributed by atoms with Crippen molar-refractivity contribution in [2.24, 2.45) is 0 Å². The summed E-state index contributed by atoms with van der Waals surface area (Å²) in [7, 11) is 0. The van der Waals surface area contributed by atoms with Gasteiger partial charge in [-0.1, -0.05) is 51.9 Å². The van der Waals surface area contributed by atoms with E-state index in [9.17, 15) is 0 Å². The Morgan fingerprint density at radius 2 is 1.72 bits per heavy atom. The highest BCUT2D eigenvalue weighted by atomic mass is 32.1. The van der Waals surface area contributed by atoms with Gasteiger partial charge in [0.1, 0.15) is 5.75 Å². The molecule has 1 heterocycles. The topological polar surface area (TPSA) is 9.23 Å². The van der Waals surface area contributed by atoms with Crippen LogP contribution >= 0.6 is 11.3 Å². The van der Waals surface area contributed by atoms with Gasteiger partial charge in [-0.15, -0.1) is 11.3 Å². The Labute approximate surface area is 117 Å². The van der Waals surface area contributed by atoms with Crippen LogP contribution in [0.4, 0.5) is 0 Å². The third-order valence-corrected chi connectivity index (χ3v) is 3.96. The second kappa shape index (κ2) is 10.4. The SMILES string of the molecule is CCCCCCCCCCC(C)Oc1ccsc1. The van der Waals surface area contributed by atoms with Crippen molar-refractivity contribution >= 4 is 11.3 Å². The van der Waals surface area contributed by atoms with Gasteiger partial charge < -0.3 is 4.74 Å². The Hall–Kier alpha value is -0.500. The van der Waals surface area contributed by atoms with Crippen LogP contribution in [-0.2, 0) is 0 Å². The summed E-state index contributed by atoms with van der Waals surface area (Å²) in [6.07, 6.45) is 12.6. The van der Waals surface area contributed by atoms with Gasteiger partial charge in [-0.3, -0.25) is 0 Å². The van der Waals surface area contributed by atoms with Crippen LogP contribution in [-0.4, -0.2) is 6.10 Å². The number of hydrogen-bond donors (Lipinski definition) is 0. The first-order valence-electron chi connectivity index (χ1n) is 7.51. The summed E-state index contributed by atoms with van der Waals surface area (Å²) in [4.78, 5) is 0. The Kier molecular flexibility index (Phi) is 9.01. The molecule has 0 aliphatic carbocycles. The monoisotopic (exact) mass is 268 g/mol. The Morgan fingerprint density at radius 3 is 2.33 bits per heavy atom. The van der Waals surface area contributed by atoms with Crippen LogP contribution < -0.4 is 4.74 Å². The standard InChI is InChI=1S/C16H28OS/c1-3-4-5-6-7-8-9-10-11-15(2)17-16-12-13-18-14-16/h12-15H,3-11H2,1-2H3. The summed E-state index contributed by atoms with van der Waals surface area (Å²) < 4.78 is 5.82. The normalized spacial score (nSPS) is 12.6. The highest BCUT2D eigenvalue weighted by Gasteiger charge is 2.03. The summed E-state index contributed by atoms with van der Waals surface area (Å²) in [6, 6.07) is 2.05. The number of unbranched alkanes of at least 4 members (excludes halogenated alkanes) is 7. The molecule has 1 rings (SSSR count). The first-order chi connectivity index (χ1) is 8.83. The minimum absolute atomic E-state index is 0.361. The molecule has 1 aromatic heterocycles. The fraction of sp³-hybridized carbons (Fsp3) is 0.750. The minimum Gasteiger partial charge on any atom is -0.490 e. The van der Waals surface area contributed by atoms with Crippen molar-refractivity contribution < 1.29 is 4.74 Å². The van der Waals surface area contributed by atoms with Gasteiger partial charge >= 0.3 is 0 Å². The molecule has 0 radical (unpaired) electrons. The fourth-order valence-corrected chi connectivity index (χ4v) is 2.74. The van der Waals surface area contributed by atoms with E-state index < -0.39 is 0 Å². The van der Waals surface area contributed by atoms with Crippen LogP contribution in [0.2, 0.25) is 0 Å². The molecular formula is C16H28OS. The van der Waals surface area contributed by atoms with E-state index in [4.69, 9.17) is 4.74 Å². The Morgan fingerprint density at radius 1 is 1.06 bits per heavy atom. The van der Waals surface area contributed by atoms with E-state index in [1.807, 2.05) is 0 Å². The molecule has 0 spiro atoms. The number of rotatable bonds is 11. The average Bonchev–Trinajstić information content (AvgIpc) is 2.85. The lowest BCUT2D eigenvalue weighted by molar-refractivity contribution is 0.207. The van der Waals surface area contributed by atoms with Gasteiger partial charge in [-0.2, -0.15) is 0 Å². The summed E-state index contributed by atoms with van der Waals surface area (Å²) in [5, 5.41) is 4.14. The molecule has 1 unspecified atom stereocenters. The number of ether oxygens (including phenoxy) is 1. The van der Waals surface area contributed by atoms with E-state index in [2.05, 4.69) is 30.7 Å². The second-order valence-electron chi connectivity index (χ2n) is 5.15. The van der Waals surface area contributed by atoms with Gasteiger partial charge in [-0.05, 0) is 31.2 Å². The molecule has 1 nitrogen and oxygen atoms in total. The molecule has 0 aliphatic rings. The van der Waals surface area contributed by atoms with E-state index in [-0.39, 0.29) is 0 Å². The van der Waals surface area contributed by atoms with Crippen LogP contribution in [0, 0.1) is 0 Å². The fourth-order valence-electron chi connectivity index (χ4n) is 2.18. The van der Waals surface area contributed by atoms with Crippen LogP contribution in [0.15, 0.2) is 16.8 Å². The van der Waals surface area contributed by atoms with Gasteiger partial charge in [0.25, 0.3) is 0 Å². The lowest BCUT2D eigenvalue weighted by Crippen LogP contribution is -2.10. The van der Waals surface area contributed by atoms with Gasteiger partial charge in [0.05, 0.1) is 6.10 Å². The lowest BCUT2D eigenvalue weighted by Gasteiger charge is -2.13. The van der Waals surface area contributed by atoms with E-state index in [0.29, 0.717) is 6.10 Å². The predicted molar refractivity (Wildman–Crippen MR) is 81.6 cm³/mol. The maximum Gasteiger partial charge on any atom is 0.130 e. The van der Waals surface area contributed by atoms with Crippen LogP contribution in [0.25, 0.3) is 0 Å². The Bertz CT molecular complexity index is 269. The zero-order valence-electron chi connectivity index (χ0n) is 12.0. The molecule has 0 aromatic carbocycles. The van der Waals surface area contributed by atoms with Gasteiger partial charge in [0.15, 0.2) is 0 Å². The molecule has 0 bridgehead atoms. The maximum absolute atomic E-state index is 5.82. The van der Waals surface area contributed by atoms with E-state index >= 15 is 0 Å². The van der Waals surface area contributed by atoms with Crippen molar-refractivity contribution in [2.75, 3.05) is 0 Å². The van der Waals surface area contributed by atoms with Crippen molar-refractivity contribution in [1.29, 1.82) is 0 Å². The van der Waals surface area contributed by atoms with Crippen molar-refractivity contribution in [3.63, 3.8) is 0 Å². The highest BCUT2D eigenvalue weighted by Crippen LogP contribution is 2.18. The van der Waals surface area contributed by atoms with E-state index in [1.165, 1.54) is 57.8 Å². The average molecular weight is 268 g/mol. The third-order valence-electron chi connectivity index (χ3n) is 3.30. The van der Waals surface area contributed by atoms with Crippen LogP contribution in [0.3, 0.4) is 0 Å². The molecule has 0 fully saturated rings. The lowest BCUT2D eigenvalue weighted by atomic mass is 10.1. The Balaban J connectivity index is 1.88. The van der Waals surface area contributed by atoms with Crippen LogP contribution in [0.5, 0.6) is 5.75 Å². The maximum atomic E-state index is 5.82. The van der Waals surface area contributed by atoms with Crippen molar-refractivity contribution in [3.8, 4) is 5.75 Å². The minimum atomic E-state index is 0.361. The molecular weight excluding hydrogens is 240 g/mol. The summed E-state index contributed by atoms with van der Waals surface area (Å²) in [6.45, 7) is 4.45. The van der Waals surface area contributed by atoms with E-state index in [0.717, 1.165) is 5.75 Å². The molecule has 104 valence electrons. The second-order valence-corrected chi connectivity index (χ2v) is 5.93. The van der Waals surface area contributed by atoms with Gasteiger partial charge in [-0.25, -0.2) is 0 Å². The molecule has 0 saturated heterocycles.